The maximum absolute atomic E-state index is 13.9. The lowest BCUT2D eigenvalue weighted by Gasteiger charge is -2.34. The molecular weight excluding hydrogens is 434 g/mol. The van der Waals surface area contributed by atoms with Crippen molar-refractivity contribution in [1.29, 1.82) is 0 Å². The minimum atomic E-state index is -0.289. The standard InChI is InChI=1S/C15H15ClFIN4O/c16-11-2-1-3-12(17)10(11)9-21-4-6-22(7-5-21)15(23)14-13(18)8-19-20-14/h1-3,8H,4-7,9H2,(H,19,20). The molecule has 2 aromatic rings. The third kappa shape index (κ3) is 3.67. The van der Waals surface area contributed by atoms with E-state index < -0.39 is 0 Å². The number of aromatic nitrogens is 2. The first-order valence-electron chi connectivity index (χ1n) is 7.19. The van der Waals surface area contributed by atoms with Gasteiger partial charge in [-0.1, -0.05) is 17.7 Å². The lowest BCUT2D eigenvalue weighted by atomic mass is 10.1. The molecule has 0 atom stereocenters. The zero-order valence-electron chi connectivity index (χ0n) is 12.2. The van der Waals surface area contributed by atoms with Crippen LogP contribution >= 0.6 is 34.2 Å². The zero-order valence-corrected chi connectivity index (χ0v) is 15.1. The summed E-state index contributed by atoms with van der Waals surface area (Å²) in [5.74, 6) is -0.335. The molecule has 1 fully saturated rings. The highest BCUT2D eigenvalue weighted by Crippen LogP contribution is 2.21. The Balaban J connectivity index is 1.61. The third-order valence-electron chi connectivity index (χ3n) is 3.91. The largest absolute Gasteiger partial charge is 0.335 e. The second kappa shape index (κ2) is 7.14. The van der Waals surface area contributed by atoms with E-state index in [0.29, 0.717) is 49.0 Å². The van der Waals surface area contributed by atoms with Crippen LogP contribution in [0, 0.1) is 9.39 Å². The van der Waals surface area contributed by atoms with E-state index in [9.17, 15) is 9.18 Å². The van der Waals surface area contributed by atoms with E-state index in [0.717, 1.165) is 3.57 Å². The molecule has 0 radical (unpaired) electrons. The fourth-order valence-electron chi connectivity index (χ4n) is 2.60. The van der Waals surface area contributed by atoms with E-state index >= 15 is 0 Å². The maximum Gasteiger partial charge on any atom is 0.273 e. The molecule has 1 saturated heterocycles. The molecule has 8 heteroatoms. The minimum absolute atomic E-state index is 0.0459. The molecule has 1 aliphatic rings. The number of hydrogen-bond acceptors (Lipinski definition) is 3. The maximum atomic E-state index is 13.9. The first-order chi connectivity index (χ1) is 11.1. The number of rotatable bonds is 3. The van der Waals surface area contributed by atoms with Crippen molar-refractivity contribution in [1.82, 2.24) is 20.0 Å². The predicted molar refractivity (Wildman–Crippen MR) is 93.9 cm³/mol. The number of amides is 1. The summed E-state index contributed by atoms with van der Waals surface area (Å²) in [6, 6.07) is 4.71. The first-order valence-corrected chi connectivity index (χ1v) is 8.65. The molecule has 1 aromatic heterocycles. The van der Waals surface area contributed by atoms with Crippen molar-refractivity contribution in [3.63, 3.8) is 0 Å². The summed E-state index contributed by atoms with van der Waals surface area (Å²) in [5.41, 5.74) is 1.04. The van der Waals surface area contributed by atoms with Crippen molar-refractivity contribution in [3.8, 4) is 0 Å². The number of piperazine rings is 1. The Morgan fingerprint density at radius 2 is 2.09 bits per heavy atom. The van der Waals surface area contributed by atoms with E-state index in [2.05, 4.69) is 37.7 Å². The molecule has 1 amide bonds. The highest BCUT2D eigenvalue weighted by atomic mass is 127. The molecule has 122 valence electrons. The highest BCUT2D eigenvalue weighted by molar-refractivity contribution is 14.1. The van der Waals surface area contributed by atoms with Crippen LogP contribution in [0.5, 0.6) is 0 Å². The quantitative estimate of drug-likeness (QED) is 0.735. The van der Waals surface area contributed by atoms with Crippen molar-refractivity contribution in [2.24, 2.45) is 0 Å². The molecule has 0 saturated carbocycles. The number of nitrogens with one attached hydrogen (secondary N) is 1. The van der Waals surface area contributed by atoms with Crippen LogP contribution in [0.15, 0.2) is 24.4 Å². The summed E-state index contributed by atoms with van der Waals surface area (Å²) in [6.45, 7) is 3.01. The lowest BCUT2D eigenvalue weighted by Crippen LogP contribution is -2.48. The fraction of sp³-hybridized carbons (Fsp3) is 0.333. The molecule has 0 bridgehead atoms. The topological polar surface area (TPSA) is 52.2 Å². The molecule has 23 heavy (non-hydrogen) atoms. The number of aromatic amines is 1. The van der Waals surface area contributed by atoms with Crippen molar-refractivity contribution in [2.75, 3.05) is 26.2 Å². The van der Waals surface area contributed by atoms with Crippen LogP contribution in [0.2, 0.25) is 5.02 Å². The van der Waals surface area contributed by atoms with E-state index in [1.807, 2.05) is 0 Å². The van der Waals surface area contributed by atoms with Crippen LogP contribution in [0.25, 0.3) is 0 Å². The highest BCUT2D eigenvalue weighted by Gasteiger charge is 2.25. The summed E-state index contributed by atoms with van der Waals surface area (Å²) < 4.78 is 14.7. The number of H-pyrrole nitrogens is 1. The van der Waals surface area contributed by atoms with Gasteiger partial charge in [-0.2, -0.15) is 5.10 Å². The number of carbonyl (C=O) groups is 1. The van der Waals surface area contributed by atoms with E-state index in [1.165, 1.54) is 6.07 Å². The molecule has 1 aliphatic heterocycles. The lowest BCUT2D eigenvalue weighted by molar-refractivity contribution is 0.0620. The van der Waals surface area contributed by atoms with Crippen molar-refractivity contribution < 1.29 is 9.18 Å². The normalized spacial score (nSPS) is 15.9. The Bertz CT molecular complexity index is 695. The van der Waals surface area contributed by atoms with Gasteiger partial charge in [0.05, 0.1) is 9.77 Å². The summed E-state index contributed by atoms with van der Waals surface area (Å²) in [5, 5.41) is 7.06. The van der Waals surface area contributed by atoms with Crippen LogP contribution in [-0.4, -0.2) is 52.1 Å². The van der Waals surface area contributed by atoms with Crippen LogP contribution < -0.4 is 0 Å². The molecule has 2 heterocycles. The van der Waals surface area contributed by atoms with Gasteiger partial charge in [0.25, 0.3) is 5.91 Å². The predicted octanol–water partition coefficient (Wildman–Crippen LogP) is 2.76. The smallest absolute Gasteiger partial charge is 0.273 e. The first kappa shape index (κ1) is 16.7. The van der Waals surface area contributed by atoms with Crippen molar-refractivity contribution in [3.05, 3.63) is 50.1 Å². The van der Waals surface area contributed by atoms with E-state index in [4.69, 9.17) is 11.6 Å². The van der Waals surface area contributed by atoms with Gasteiger partial charge in [0.2, 0.25) is 0 Å². The summed E-state index contributed by atoms with van der Waals surface area (Å²) in [6.07, 6.45) is 1.63. The Labute approximate surface area is 151 Å². The Morgan fingerprint density at radius 1 is 1.35 bits per heavy atom. The van der Waals surface area contributed by atoms with Crippen molar-refractivity contribution in [2.45, 2.75) is 6.54 Å². The van der Waals surface area contributed by atoms with Gasteiger partial charge in [-0.25, -0.2) is 4.39 Å². The van der Waals surface area contributed by atoms with E-state index in [1.54, 1.807) is 23.2 Å². The Morgan fingerprint density at radius 3 is 2.70 bits per heavy atom. The average molecular weight is 449 g/mol. The number of halogens is 3. The monoisotopic (exact) mass is 448 g/mol. The van der Waals surface area contributed by atoms with Gasteiger partial charge in [-0.15, -0.1) is 0 Å². The van der Waals surface area contributed by atoms with Crippen molar-refractivity contribution >= 4 is 40.1 Å². The summed E-state index contributed by atoms with van der Waals surface area (Å²) in [7, 11) is 0. The molecule has 1 N–H and O–H groups in total. The third-order valence-corrected chi connectivity index (χ3v) is 5.08. The zero-order chi connectivity index (χ0) is 16.4. The van der Waals surface area contributed by atoms with Gasteiger partial charge in [0, 0.05) is 43.3 Å². The van der Waals surface area contributed by atoms with Gasteiger partial charge in [-0.05, 0) is 34.7 Å². The minimum Gasteiger partial charge on any atom is -0.335 e. The van der Waals surface area contributed by atoms with Crippen LogP contribution in [0.4, 0.5) is 4.39 Å². The molecule has 0 unspecified atom stereocenters. The van der Waals surface area contributed by atoms with Crippen LogP contribution in [-0.2, 0) is 6.54 Å². The second-order valence-corrected chi connectivity index (χ2v) is 6.93. The molecule has 1 aromatic carbocycles. The van der Waals surface area contributed by atoms with Crippen LogP contribution in [0.1, 0.15) is 16.1 Å². The number of nitrogens with zero attached hydrogens (tertiary/aromatic N) is 3. The van der Waals surface area contributed by atoms with E-state index in [-0.39, 0.29) is 11.7 Å². The van der Waals surface area contributed by atoms with Gasteiger partial charge in [0.15, 0.2) is 0 Å². The SMILES string of the molecule is O=C(c1[nH]ncc1I)N1CCN(Cc2c(F)cccc2Cl)CC1. The van der Waals surface area contributed by atoms with Gasteiger partial charge >= 0.3 is 0 Å². The van der Waals surface area contributed by atoms with Crippen LogP contribution in [0.3, 0.4) is 0 Å². The van der Waals surface area contributed by atoms with Gasteiger partial charge in [0.1, 0.15) is 11.5 Å². The molecular formula is C15H15ClFIN4O. The van der Waals surface area contributed by atoms with Gasteiger partial charge < -0.3 is 4.90 Å². The summed E-state index contributed by atoms with van der Waals surface area (Å²) in [4.78, 5) is 16.3. The molecule has 5 nitrogen and oxygen atoms in total. The number of benzene rings is 1. The molecule has 0 spiro atoms. The average Bonchev–Trinajstić information content (AvgIpc) is 2.97. The molecule has 3 rings (SSSR count). The molecule has 0 aliphatic carbocycles. The Hall–Kier alpha value is -1.19. The second-order valence-electron chi connectivity index (χ2n) is 5.36. The number of carbonyl (C=O) groups excluding carboxylic acids is 1. The van der Waals surface area contributed by atoms with Gasteiger partial charge in [-0.3, -0.25) is 14.8 Å². The fourth-order valence-corrected chi connectivity index (χ4v) is 3.31. The Kier molecular flexibility index (Phi) is 5.17. The summed E-state index contributed by atoms with van der Waals surface area (Å²) >= 11 is 8.15. The number of hydrogen-bond donors (Lipinski definition) is 1.